The van der Waals surface area contributed by atoms with Gasteiger partial charge in [0.25, 0.3) is 5.91 Å². The van der Waals surface area contributed by atoms with Crippen LogP contribution in [0.1, 0.15) is 26.3 Å². The van der Waals surface area contributed by atoms with Crippen LogP contribution in [0.3, 0.4) is 0 Å². The first-order valence-corrected chi connectivity index (χ1v) is 10.9. The van der Waals surface area contributed by atoms with E-state index in [0.717, 1.165) is 3.57 Å². The number of hydrogen-bond donors (Lipinski definition) is 1. The lowest BCUT2D eigenvalue weighted by Gasteiger charge is -2.29. The minimum absolute atomic E-state index is 0.0379. The van der Waals surface area contributed by atoms with E-state index in [9.17, 15) is 9.59 Å². The molecule has 0 saturated carbocycles. The lowest BCUT2D eigenvalue weighted by atomic mass is 10.1. The molecular weight excluding hydrogens is 526 g/mol. The highest BCUT2D eigenvalue weighted by Crippen LogP contribution is 2.23. The van der Waals surface area contributed by atoms with E-state index < -0.39 is 6.04 Å². The summed E-state index contributed by atoms with van der Waals surface area (Å²) < 4.78 is 6.69. The molecule has 0 bridgehead atoms. The molecule has 5 nitrogen and oxygen atoms in total. The van der Waals surface area contributed by atoms with Crippen molar-refractivity contribution in [3.63, 3.8) is 0 Å². The van der Waals surface area contributed by atoms with E-state index in [1.165, 1.54) is 4.90 Å². The van der Waals surface area contributed by atoms with Crippen molar-refractivity contribution in [1.29, 1.82) is 0 Å². The van der Waals surface area contributed by atoms with Crippen molar-refractivity contribution in [3.05, 3.63) is 61.6 Å². The Bertz CT molecular complexity index is 860. The molecule has 1 N–H and O–H groups in total. The van der Waals surface area contributed by atoms with Crippen LogP contribution in [0.4, 0.5) is 0 Å². The SMILES string of the molecule is CC(C)NC(=O)[C@@H](C)N(Cc1ccc(Cl)cc1Cl)C(=O)COc1ccc(I)cc1. The van der Waals surface area contributed by atoms with Gasteiger partial charge in [-0.1, -0.05) is 29.3 Å². The number of carbonyl (C=O) groups excluding carboxylic acids is 2. The second-order valence-electron chi connectivity index (χ2n) is 6.84. The van der Waals surface area contributed by atoms with E-state index in [0.29, 0.717) is 21.4 Å². The summed E-state index contributed by atoms with van der Waals surface area (Å²) in [4.78, 5) is 26.9. The Labute approximate surface area is 194 Å². The van der Waals surface area contributed by atoms with Gasteiger partial charge in [0.2, 0.25) is 5.91 Å². The Morgan fingerprint density at radius 2 is 1.76 bits per heavy atom. The molecule has 1 atom stereocenters. The van der Waals surface area contributed by atoms with Crippen LogP contribution in [0.5, 0.6) is 5.75 Å². The molecule has 156 valence electrons. The Balaban J connectivity index is 2.18. The number of carbonyl (C=O) groups is 2. The van der Waals surface area contributed by atoms with Gasteiger partial charge in [0.1, 0.15) is 11.8 Å². The van der Waals surface area contributed by atoms with Crippen LogP contribution in [0.2, 0.25) is 10.0 Å². The molecule has 0 unspecified atom stereocenters. The third-order valence-corrected chi connectivity index (χ3v) is 5.44. The lowest BCUT2D eigenvalue weighted by molar-refractivity contribution is -0.142. The third-order valence-electron chi connectivity index (χ3n) is 4.13. The van der Waals surface area contributed by atoms with Gasteiger partial charge in [-0.25, -0.2) is 0 Å². The van der Waals surface area contributed by atoms with Crippen molar-refractivity contribution in [3.8, 4) is 5.75 Å². The predicted molar refractivity (Wildman–Crippen MR) is 124 cm³/mol. The summed E-state index contributed by atoms with van der Waals surface area (Å²) >= 11 is 14.4. The average Bonchev–Trinajstić information content (AvgIpc) is 2.65. The highest BCUT2D eigenvalue weighted by atomic mass is 127. The maximum absolute atomic E-state index is 12.9. The minimum Gasteiger partial charge on any atom is -0.484 e. The number of rotatable bonds is 8. The first-order valence-electron chi connectivity index (χ1n) is 9.09. The van der Waals surface area contributed by atoms with E-state index in [-0.39, 0.29) is 31.0 Å². The van der Waals surface area contributed by atoms with Crippen molar-refractivity contribution in [2.45, 2.75) is 39.4 Å². The van der Waals surface area contributed by atoms with Gasteiger partial charge in [-0.3, -0.25) is 9.59 Å². The van der Waals surface area contributed by atoms with Crippen LogP contribution in [0, 0.1) is 3.57 Å². The second kappa shape index (κ2) is 11.0. The van der Waals surface area contributed by atoms with Gasteiger partial charge in [0.15, 0.2) is 6.61 Å². The first kappa shape index (κ1) is 23.8. The summed E-state index contributed by atoms with van der Waals surface area (Å²) in [6, 6.07) is 11.7. The Morgan fingerprint density at radius 1 is 1.10 bits per heavy atom. The molecular formula is C21H23Cl2IN2O3. The molecule has 0 radical (unpaired) electrons. The standard InChI is InChI=1S/C21H23Cl2IN2O3/c1-13(2)25-21(28)14(3)26(11-15-4-5-16(22)10-19(15)23)20(27)12-29-18-8-6-17(24)7-9-18/h4-10,13-14H,11-12H2,1-3H3,(H,25,28)/t14-/m1/s1. The van der Waals surface area contributed by atoms with Crippen LogP contribution in [-0.2, 0) is 16.1 Å². The summed E-state index contributed by atoms with van der Waals surface area (Å²) in [5, 5.41) is 3.78. The molecule has 0 aromatic heterocycles. The number of hydrogen-bond acceptors (Lipinski definition) is 3. The van der Waals surface area contributed by atoms with Crippen LogP contribution < -0.4 is 10.1 Å². The number of nitrogens with zero attached hydrogens (tertiary/aromatic N) is 1. The van der Waals surface area contributed by atoms with Crippen molar-refractivity contribution >= 4 is 57.6 Å². The Morgan fingerprint density at radius 3 is 2.34 bits per heavy atom. The van der Waals surface area contributed by atoms with Gasteiger partial charge < -0.3 is 15.0 Å². The first-order chi connectivity index (χ1) is 13.7. The quantitative estimate of drug-likeness (QED) is 0.476. The Kier molecular flexibility index (Phi) is 9.04. The summed E-state index contributed by atoms with van der Waals surface area (Å²) in [6.07, 6.45) is 0. The van der Waals surface area contributed by atoms with Crippen molar-refractivity contribution in [2.75, 3.05) is 6.61 Å². The molecule has 29 heavy (non-hydrogen) atoms. The highest BCUT2D eigenvalue weighted by Gasteiger charge is 2.27. The maximum atomic E-state index is 12.9. The van der Waals surface area contributed by atoms with Gasteiger partial charge >= 0.3 is 0 Å². The molecule has 2 aromatic carbocycles. The molecule has 0 aliphatic heterocycles. The van der Waals surface area contributed by atoms with Crippen LogP contribution in [0.25, 0.3) is 0 Å². The molecule has 8 heteroatoms. The van der Waals surface area contributed by atoms with Crippen LogP contribution in [0.15, 0.2) is 42.5 Å². The number of ether oxygens (including phenoxy) is 1. The molecule has 0 aliphatic rings. The topological polar surface area (TPSA) is 58.6 Å². The van der Waals surface area contributed by atoms with Crippen molar-refractivity contribution in [1.82, 2.24) is 10.2 Å². The summed E-state index contributed by atoms with van der Waals surface area (Å²) in [6.45, 7) is 5.40. The maximum Gasteiger partial charge on any atom is 0.261 e. The fourth-order valence-corrected chi connectivity index (χ4v) is 3.41. The number of amides is 2. The van der Waals surface area contributed by atoms with Gasteiger partial charge in [-0.05, 0) is 85.3 Å². The molecule has 0 saturated heterocycles. The highest BCUT2D eigenvalue weighted by molar-refractivity contribution is 14.1. The normalized spacial score (nSPS) is 11.8. The smallest absolute Gasteiger partial charge is 0.261 e. The van der Waals surface area contributed by atoms with Crippen LogP contribution >= 0.6 is 45.8 Å². The van der Waals surface area contributed by atoms with Gasteiger partial charge in [0.05, 0.1) is 0 Å². The van der Waals surface area contributed by atoms with Gasteiger partial charge in [-0.15, -0.1) is 0 Å². The number of halogens is 3. The van der Waals surface area contributed by atoms with E-state index in [1.54, 1.807) is 37.3 Å². The second-order valence-corrected chi connectivity index (χ2v) is 8.93. The van der Waals surface area contributed by atoms with Gasteiger partial charge in [-0.2, -0.15) is 0 Å². The zero-order chi connectivity index (χ0) is 21.6. The predicted octanol–water partition coefficient (Wildman–Crippen LogP) is 4.92. The number of nitrogens with one attached hydrogen (secondary N) is 1. The zero-order valence-corrected chi connectivity index (χ0v) is 20.1. The largest absolute Gasteiger partial charge is 0.484 e. The van der Waals surface area contributed by atoms with E-state index in [1.807, 2.05) is 26.0 Å². The summed E-state index contributed by atoms with van der Waals surface area (Å²) in [7, 11) is 0. The average molecular weight is 549 g/mol. The number of benzene rings is 2. The zero-order valence-electron chi connectivity index (χ0n) is 16.4. The lowest BCUT2D eigenvalue weighted by Crippen LogP contribution is -2.50. The molecule has 2 rings (SSSR count). The fourth-order valence-electron chi connectivity index (χ4n) is 2.58. The van der Waals surface area contributed by atoms with Crippen molar-refractivity contribution in [2.24, 2.45) is 0 Å². The van der Waals surface area contributed by atoms with E-state index >= 15 is 0 Å². The third kappa shape index (κ3) is 7.35. The molecule has 0 heterocycles. The minimum atomic E-state index is -0.697. The molecule has 0 aliphatic carbocycles. The monoisotopic (exact) mass is 548 g/mol. The van der Waals surface area contributed by atoms with Crippen molar-refractivity contribution < 1.29 is 14.3 Å². The molecule has 0 fully saturated rings. The molecule has 0 spiro atoms. The summed E-state index contributed by atoms with van der Waals surface area (Å²) in [5.41, 5.74) is 0.697. The van der Waals surface area contributed by atoms with Crippen LogP contribution in [-0.4, -0.2) is 35.4 Å². The Hall–Kier alpha value is -1.51. The fraction of sp³-hybridized carbons (Fsp3) is 0.333. The molecule has 2 aromatic rings. The molecule has 2 amide bonds. The summed E-state index contributed by atoms with van der Waals surface area (Å²) in [5.74, 6) is 0.0243. The van der Waals surface area contributed by atoms with E-state index in [2.05, 4.69) is 27.9 Å². The van der Waals surface area contributed by atoms with E-state index in [4.69, 9.17) is 27.9 Å². The van der Waals surface area contributed by atoms with Gasteiger partial charge in [0, 0.05) is 26.2 Å².